The Labute approximate surface area is 179 Å². The molecule has 2 N–H and O–H groups in total. The number of nitrogens with one attached hydrogen (secondary N) is 2. The molecule has 0 heterocycles. The largest absolute Gasteiger partial charge is 0.372 e. The lowest BCUT2D eigenvalue weighted by Crippen LogP contribution is -2.21. The van der Waals surface area contributed by atoms with Gasteiger partial charge in [0, 0.05) is 42.4 Å². The maximum Gasteiger partial charge on any atom is 0.289 e. The highest BCUT2D eigenvalue weighted by Crippen LogP contribution is 2.27. The van der Waals surface area contributed by atoms with E-state index >= 15 is 0 Å². The third-order valence-corrected chi connectivity index (χ3v) is 4.80. The fraction of sp³-hybridized carbons (Fsp3) is 0.238. The van der Waals surface area contributed by atoms with Gasteiger partial charge in [0.15, 0.2) is 0 Å². The van der Waals surface area contributed by atoms with Gasteiger partial charge >= 0.3 is 0 Å². The van der Waals surface area contributed by atoms with Crippen molar-refractivity contribution in [2.75, 3.05) is 28.6 Å². The number of anilines is 3. The first-order valence-corrected chi connectivity index (χ1v) is 9.66. The molecule has 0 aromatic heterocycles. The minimum atomic E-state index is -0.695. The summed E-state index contributed by atoms with van der Waals surface area (Å²) < 4.78 is 0. The topological polar surface area (TPSA) is 111 Å². The van der Waals surface area contributed by atoms with Crippen LogP contribution in [0.15, 0.2) is 48.2 Å². The van der Waals surface area contributed by atoms with Crippen LogP contribution in [0.2, 0.25) is 5.02 Å². The van der Waals surface area contributed by atoms with Gasteiger partial charge in [0.2, 0.25) is 0 Å². The van der Waals surface area contributed by atoms with Crippen LogP contribution in [0.4, 0.5) is 22.7 Å². The van der Waals surface area contributed by atoms with E-state index in [4.69, 9.17) is 11.6 Å². The van der Waals surface area contributed by atoms with Crippen LogP contribution >= 0.6 is 11.6 Å². The lowest BCUT2D eigenvalue weighted by molar-refractivity contribution is -0.384. The zero-order valence-electron chi connectivity index (χ0n) is 16.9. The van der Waals surface area contributed by atoms with Crippen molar-refractivity contribution in [1.29, 1.82) is 5.26 Å². The number of aryl methyl sites for hydroxylation is 1. The second-order valence-electron chi connectivity index (χ2n) is 6.36. The third-order valence-electron chi connectivity index (χ3n) is 4.48. The van der Waals surface area contributed by atoms with Crippen LogP contribution in [0.3, 0.4) is 0 Å². The van der Waals surface area contributed by atoms with Crippen molar-refractivity contribution in [3.05, 3.63) is 68.9 Å². The Kier molecular flexibility index (Phi) is 7.78. The Morgan fingerprint density at radius 2 is 1.97 bits per heavy atom. The molecule has 0 unspecified atom stereocenters. The van der Waals surface area contributed by atoms with Crippen LogP contribution in [-0.2, 0) is 4.79 Å². The number of carbonyl (C=O) groups excluding carboxylic acids is 1. The molecule has 0 aliphatic heterocycles. The summed E-state index contributed by atoms with van der Waals surface area (Å²) in [6.07, 6.45) is 1.30. The molecule has 0 aliphatic rings. The molecular formula is C21H22ClN5O3. The van der Waals surface area contributed by atoms with E-state index < -0.39 is 10.8 Å². The molecule has 0 spiro atoms. The van der Waals surface area contributed by atoms with Crippen molar-refractivity contribution in [3.63, 3.8) is 0 Å². The minimum Gasteiger partial charge on any atom is -0.372 e. The van der Waals surface area contributed by atoms with Crippen molar-refractivity contribution in [2.45, 2.75) is 20.8 Å². The van der Waals surface area contributed by atoms with Gasteiger partial charge in [-0.15, -0.1) is 0 Å². The Bertz CT molecular complexity index is 1030. The highest BCUT2D eigenvalue weighted by molar-refractivity contribution is 6.32. The summed E-state index contributed by atoms with van der Waals surface area (Å²) in [6, 6.07) is 11.6. The van der Waals surface area contributed by atoms with E-state index in [1.807, 2.05) is 31.2 Å². The standard InChI is InChI=1S/C21H22ClN5O3/c1-4-26(5-2)17-7-9-19(14(3)10-17)24-13-15(12-23)21(28)25-16-6-8-18(22)20(11-16)27(29)30/h6-11,13,24H,4-5H2,1-3H3,(H,25,28)/b15-13-. The smallest absolute Gasteiger partial charge is 0.289 e. The molecule has 8 nitrogen and oxygen atoms in total. The van der Waals surface area contributed by atoms with Gasteiger partial charge in [0.25, 0.3) is 11.6 Å². The number of rotatable bonds is 8. The average molecular weight is 428 g/mol. The van der Waals surface area contributed by atoms with Gasteiger partial charge < -0.3 is 15.5 Å². The maximum absolute atomic E-state index is 12.4. The molecule has 0 fully saturated rings. The fourth-order valence-electron chi connectivity index (χ4n) is 2.82. The van der Waals surface area contributed by atoms with Crippen molar-refractivity contribution >= 4 is 40.3 Å². The SMILES string of the molecule is CCN(CC)c1ccc(N/C=C(/C#N)C(=O)Nc2ccc(Cl)c([N+](=O)[O-])c2)c(C)c1. The monoisotopic (exact) mass is 427 g/mol. The van der Waals surface area contributed by atoms with Gasteiger partial charge in [-0.1, -0.05) is 11.6 Å². The van der Waals surface area contributed by atoms with Gasteiger partial charge in [-0.3, -0.25) is 14.9 Å². The van der Waals surface area contributed by atoms with E-state index in [0.29, 0.717) is 0 Å². The zero-order chi connectivity index (χ0) is 22.3. The molecule has 2 rings (SSSR count). The van der Waals surface area contributed by atoms with Crippen molar-refractivity contribution in [1.82, 2.24) is 0 Å². The molecule has 2 aromatic rings. The molecule has 0 saturated carbocycles. The average Bonchev–Trinajstić information content (AvgIpc) is 2.72. The minimum absolute atomic E-state index is 0.0423. The number of hydrogen-bond acceptors (Lipinski definition) is 6. The van der Waals surface area contributed by atoms with Crippen LogP contribution < -0.4 is 15.5 Å². The van der Waals surface area contributed by atoms with E-state index in [1.54, 1.807) is 0 Å². The first-order chi connectivity index (χ1) is 14.3. The molecule has 2 aromatic carbocycles. The molecule has 0 saturated heterocycles. The summed E-state index contributed by atoms with van der Waals surface area (Å²) in [5, 5.41) is 25.7. The number of hydrogen-bond donors (Lipinski definition) is 2. The summed E-state index contributed by atoms with van der Waals surface area (Å²) in [5.41, 5.74) is 2.46. The van der Waals surface area contributed by atoms with Gasteiger partial charge in [0.05, 0.1) is 4.92 Å². The predicted molar refractivity (Wildman–Crippen MR) is 119 cm³/mol. The summed E-state index contributed by atoms with van der Waals surface area (Å²) in [5.74, 6) is -0.695. The molecular weight excluding hydrogens is 406 g/mol. The molecule has 9 heteroatoms. The van der Waals surface area contributed by atoms with Crippen molar-refractivity contribution in [3.8, 4) is 6.07 Å². The molecule has 0 atom stereocenters. The Hall–Kier alpha value is -3.57. The molecule has 1 amide bonds. The van der Waals surface area contributed by atoms with Gasteiger partial charge in [0.1, 0.15) is 16.7 Å². The number of nitro benzene ring substituents is 1. The first kappa shape index (κ1) is 22.7. The van der Waals surface area contributed by atoms with Gasteiger partial charge in [-0.2, -0.15) is 5.26 Å². The number of nitriles is 1. The third kappa shape index (κ3) is 5.49. The van der Waals surface area contributed by atoms with Crippen molar-refractivity contribution < 1.29 is 9.72 Å². The fourth-order valence-corrected chi connectivity index (χ4v) is 3.01. The number of benzene rings is 2. The van der Waals surface area contributed by atoms with Crippen LogP contribution in [0.1, 0.15) is 19.4 Å². The first-order valence-electron chi connectivity index (χ1n) is 9.28. The predicted octanol–water partition coefficient (Wildman–Crippen LogP) is 4.86. The second kappa shape index (κ2) is 10.3. The number of nitro groups is 1. The molecule has 30 heavy (non-hydrogen) atoms. The quantitative estimate of drug-likeness (QED) is 0.269. The highest BCUT2D eigenvalue weighted by Gasteiger charge is 2.15. The lowest BCUT2D eigenvalue weighted by Gasteiger charge is -2.22. The Balaban J connectivity index is 2.16. The molecule has 0 aliphatic carbocycles. The number of halogens is 1. The van der Waals surface area contributed by atoms with Gasteiger partial charge in [-0.25, -0.2) is 0 Å². The maximum atomic E-state index is 12.4. The Morgan fingerprint density at radius 3 is 2.53 bits per heavy atom. The normalized spacial score (nSPS) is 10.8. The zero-order valence-corrected chi connectivity index (χ0v) is 17.7. The highest BCUT2D eigenvalue weighted by atomic mass is 35.5. The summed E-state index contributed by atoms with van der Waals surface area (Å²) in [4.78, 5) is 24.9. The van der Waals surface area contributed by atoms with E-state index in [1.165, 1.54) is 18.3 Å². The van der Waals surface area contributed by atoms with Crippen LogP contribution in [-0.4, -0.2) is 23.9 Å². The number of nitrogens with zero attached hydrogens (tertiary/aromatic N) is 3. The van der Waals surface area contributed by atoms with Gasteiger partial charge in [-0.05, 0) is 56.7 Å². The van der Waals surface area contributed by atoms with E-state index in [0.717, 1.165) is 36.1 Å². The van der Waals surface area contributed by atoms with E-state index in [2.05, 4.69) is 29.4 Å². The number of carbonyl (C=O) groups is 1. The molecule has 156 valence electrons. The summed E-state index contributed by atoms with van der Waals surface area (Å²) in [6.45, 7) is 7.89. The lowest BCUT2D eigenvalue weighted by atomic mass is 10.1. The Morgan fingerprint density at radius 1 is 1.27 bits per heavy atom. The number of amides is 1. The van der Waals surface area contributed by atoms with E-state index in [-0.39, 0.29) is 22.0 Å². The van der Waals surface area contributed by atoms with Crippen LogP contribution in [0, 0.1) is 28.4 Å². The van der Waals surface area contributed by atoms with E-state index in [9.17, 15) is 20.2 Å². The van der Waals surface area contributed by atoms with Crippen LogP contribution in [0.5, 0.6) is 0 Å². The molecule has 0 bridgehead atoms. The second-order valence-corrected chi connectivity index (χ2v) is 6.77. The van der Waals surface area contributed by atoms with Crippen molar-refractivity contribution in [2.24, 2.45) is 0 Å². The molecule has 0 radical (unpaired) electrons. The summed E-state index contributed by atoms with van der Waals surface area (Å²) in [7, 11) is 0. The van der Waals surface area contributed by atoms with Crippen LogP contribution in [0.25, 0.3) is 0 Å². The summed E-state index contributed by atoms with van der Waals surface area (Å²) >= 11 is 5.77.